The summed E-state index contributed by atoms with van der Waals surface area (Å²) in [4.78, 5) is 11.1. The predicted octanol–water partition coefficient (Wildman–Crippen LogP) is 10.1. The fourth-order valence-electron chi connectivity index (χ4n) is 5.82. The molecule has 1 aliphatic carbocycles. The zero-order valence-corrected chi connectivity index (χ0v) is 28.1. The van der Waals surface area contributed by atoms with Gasteiger partial charge in [-0.1, -0.05) is 95.6 Å². The van der Waals surface area contributed by atoms with Crippen LogP contribution in [0.4, 0.5) is 4.39 Å². The molecule has 0 bridgehead atoms. The van der Waals surface area contributed by atoms with Crippen LogP contribution in [0.3, 0.4) is 0 Å². The van der Waals surface area contributed by atoms with Crippen molar-refractivity contribution in [2.75, 3.05) is 33.5 Å². The molecular weight excluding hydrogens is 567 g/mol. The van der Waals surface area contributed by atoms with Gasteiger partial charge in [-0.05, 0) is 78.1 Å². The summed E-state index contributed by atoms with van der Waals surface area (Å²) in [6, 6.07) is 11.8. The van der Waals surface area contributed by atoms with E-state index in [9.17, 15) is 4.79 Å². The van der Waals surface area contributed by atoms with E-state index in [1.54, 1.807) is 13.2 Å². The van der Waals surface area contributed by atoms with Crippen molar-refractivity contribution in [1.82, 2.24) is 0 Å². The van der Waals surface area contributed by atoms with E-state index < -0.39 is 0 Å². The van der Waals surface area contributed by atoms with E-state index in [1.165, 1.54) is 63.9 Å². The molecule has 0 aliphatic heterocycles. The van der Waals surface area contributed by atoms with Crippen LogP contribution >= 0.6 is 0 Å². The van der Waals surface area contributed by atoms with Crippen LogP contribution in [0.25, 0.3) is 16.7 Å². The van der Waals surface area contributed by atoms with Crippen LogP contribution in [-0.2, 0) is 25.4 Å². The highest BCUT2D eigenvalue weighted by Crippen LogP contribution is 2.34. The summed E-state index contributed by atoms with van der Waals surface area (Å²) >= 11 is 0. The Balaban J connectivity index is 1.77. The Morgan fingerprint density at radius 3 is 2.20 bits per heavy atom. The third kappa shape index (κ3) is 12.8. The van der Waals surface area contributed by atoms with Gasteiger partial charge in [0.25, 0.3) is 0 Å². The Morgan fingerprint density at radius 1 is 0.822 bits per heavy atom. The number of methoxy groups -OCH3 is 1. The zero-order valence-electron chi connectivity index (χ0n) is 28.1. The quantitative estimate of drug-likeness (QED) is 0.0966. The van der Waals surface area contributed by atoms with Gasteiger partial charge < -0.3 is 18.9 Å². The van der Waals surface area contributed by atoms with Crippen molar-refractivity contribution in [3.05, 3.63) is 71.1 Å². The molecule has 45 heavy (non-hydrogen) atoms. The number of benzene rings is 2. The Hall–Kier alpha value is -2.96. The minimum absolute atomic E-state index is 0.0807. The summed E-state index contributed by atoms with van der Waals surface area (Å²) in [7, 11) is 1.67. The lowest BCUT2D eigenvalue weighted by Crippen LogP contribution is -2.21. The Labute approximate surface area is 271 Å². The molecule has 0 radical (unpaired) electrons. The van der Waals surface area contributed by atoms with Gasteiger partial charge in [0.1, 0.15) is 24.8 Å². The lowest BCUT2D eigenvalue weighted by atomic mass is 9.88. The number of carbonyl (C=O) groups is 1. The molecule has 1 aliphatic rings. The van der Waals surface area contributed by atoms with E-state index in [0.717, 1.165) is 53.7 Å². The fourth-order valence-corrected chi connectivity index (χ4v) is 5.82. The highest BCUT2D eigenvalue weighted by atomic mass is 19.1. The minimum Gasteiger partial charge on any atom is -0.491 e. The van der Waals surface area contributed by atoms with Crippen LogP contribution in [0, 0.1) is 5.82 Å². The highest BCUT2D eigenvalue weighted by molar-refractivity contribution is 5.78. The summed E-state index contributed by atoms with van der Waals surface area (Å²) in [6.07, 6.45) is 18.6. The molecule has 2 aromatic rings. The monoisotopic (exact) mass is 622 g/mol. The lowest BCUT2D eigenvalue weighted by molar-refractivity contribution is -0.142. The summed E-state index contributed by atoms with van der Waals surface area (Å²) < 4.78 is 38.2. The number of allylic oxidation sites excluding steroid dienone is 2. The van der Waals surface area contributed by atoms with Crippen LogP contribution in [0.15, 0.2) is 54.1 Å². The second-order valence-electron chi connectivity index (χ2n) is 12.0. The first kappa shape index (κ1) is 36.5. The molecule has 0 N–H and O–H groups in total. The van der Waals surface area contributed by atoms with Gasteiger partial charge in [-0.3, -0.25) is 4.79 Å². The SMILES string of the molecule is CCCCCCCC1=CC(c2ccc(-c3ccc(OCCOC)c(CCCCCCC)c3)cc2F)=CCC1OCCOC(C)=O. The molecule has 0 fully saturated rings. The van der Waals surface area contributed by atoms with Gasteiger partial charge >= 0.3 is 5.97 Å². The normalized spacial score (nSPS) is 14.6. The Morgan fingerprint density at radius 2 is 1.51 bits per heavy atom. The van der Waals surface area contributed by atoms with Crippen molar-refractivity contribution >= 4 is 11.5 Å². The van der Waals surface area contributed by atoms with E-state index in [1.807, 2.05) is 24.3 Å². The lowest BCUT2D eigenvalue weighted by Gasteiger charge is -2.25. The number of unbranched alkanes of at least 4 members (excludes halogenated alkanes) is 8. The average molecular weight is 623 g/mol. The van der Waals surface area contributed by atoms with Crippen molar-refractivity contribution in [1.29, 1.82) is 0 Å². The standard InChI is InChI=1S/C39H55FO5/c1-5-7-9-11-13-15-34-27-31(18-21-38(34)44-24-23-42-4)32-17-20-36(37(40)29-32)33-19-22-39(45-26-25-43-30(3)41)35(28-33)16-14-12-10-8-6-2/h17-21,27-29,39H,5-16,22-26H2,1-4H3. The molecule has 3 rings (SSSR count). The average Bonchev–Trinajstić information content (AvgIpc) is 3.04. The summed E-state index contributed by atoms with van der Waals surface area (Å²) in [5, 5.41) is 0. The third-order valence-electron chi connectivity index (χ3n) is 8.35. The van der Waals surface area contributed by atoms with E-state index in [0.29, 0.717) is 31.8 Å². The molecule has 248 valence electrons. The first-order valence-corrected chi connectivity index (χ1v) is 17.2. The minimum atomic E-state index is -0.306. The van der Waals surface area contributed by atoms with Crippen LogP contribution < -0.4 is 4.74 Å². The van der Waals surface area contributed by atoms with Gasteiger partial charge in [-0.25, -0.2) is 4.39 Å². The molecule has 0 amide bonds. The smallest absolute Gasteiger partial charge is 0.302 e. The number of rotatable bonds is 22. The van der Waals surface area contributed by atoms with Gasteiger partial charge in [0, 0.05) is 19.6 Å². The molecule has 1 unspecified atom stereocenters. The highest BCUT2D eigenvalue weighted by Gasteiger charge is 2.21. The zero-order chi connectivity index (χ0) is 32.3. The third-order valence-corrected chi connectivity index (χ3v) is 8.35. The largest absolute Gasteiger partial charge is 0.491 e. The van der Waals surface area contributed by atoms with Crippen LogP contribution in [0.5, 0.6) is 5.75 Å². The molecule has 1 atom stereocenters. The van der Waals surface area contributed by atoms with Crippen molar-refractivity contribution in [2.45, 2.75) is 110 Å². The first-order chi connectivity index (χ1) is 22.0. The maximum atomic E-state index is 15.8. The molecule has 5 nitrogen and oxygen atoms in total. The van der Waals surface area contributed by atoms with Crippen molar-refractivity contribution in [3.63, 3.8) is 0 Å². The van der Waals surface area contributed by atoms with Gasteiger partial charge in [0.05, 0.1) is 19.3 Å². The summed E-state index contributed by atoms with van der Waals surface area (Å²) in [5.41, 5.74) is 5.70. The van der Waals surface area contributed by atoms with Crippen molar-refractivity contribution in [3.8, 4) is 16.9 Å². The molecule has 0 saturated carbocycles. The number of aryl methyl sites for hydroxylation is 1. The molecule has 0 aromatic heterocycles. The number of halogens is 1. The molecule has 6 heteroatoms. The van der Waals surface area contributed by atoms with Crippen molar-refractivity contribution < 1.29 is 28.1 Å². The number of hydrogen-bond acceptors (Lipinski definition) is 5. The Kier molecular flexibility index (Phi) is 17.0. The van der Waals surface area contributed by atoms with E-state index in [2.05, 4.69) is 32.1 Å². The summed E-state index contributed by atoms with van der Waals surface area (Å²) in [5.74, 6) is 0.348. The van der Waals surface area contributed by atoms with Crippen molar-refractivity contribution in [2.24, 2.45) is 0 Å². The van der Waals surface area contributed by atoms with Gasteiger partial charge in [-0.15, -0.1) is 0 Å². The summed E-state index contributed by atoms with van der Waals surface area (Å²) in [6.45, 7) is 7.48. The van der Waals surface area contributed by atoms with E-state index >= 15 is 4.39 Å². The van der Waals surface area contributed by atoms with Gasteiger partial charge in [-0.2, -0.15) is 0 Å². The second kappa shape index (κ2) is 21.0. The molecule has 2 aromatic carbocycles. The molecule has 0 saturated heterocycles. The first-order valence-electron chi connectivity index (χ1n) is 17.2. The molecule has 0 spiro atoms. The van der Waals surface area contributed by atoms with Crippen LogP contribution in [0.1, 0.15) is 109 Å². The Bertz CT molecular complexity index is 1230. The second-order valence-corrected chi connectivity index (χ2v) is 12.0. The van der Waals surface area contributed by atoms with E-state index in [-0.39, 0.29) is 24.5 Å². The maximum absolute atomic E-state index is 15.8. The topological polar surface area (TPSA) is 54.0 Å². The van der Waals surface area contributed by atoms with Gasteiger partial charge in [0.15, 0.2) is 0 Å². The van der Waals surface area contributed by atoms with E-state index in [4.69, 9.17) is 18.9 Å². The predicted molar refractivity (Wildman–Crippen MR) is 182 cm³/mol. The number of hydrogen-bond donors (Lipinski definition) is 0. The van der Waals surface area contributed by atoms with Crippen LogP contribution in [-0.4, -0.2) is 45.6 Å². The van der Waals surface area contributed by atoms with Gasteiger partial charge in [0.2, 0.25) is 0 Å². The number of carbonyl (C=O) groups excluding carboxylic acids is 1. The maximum Gasteiger partial charge on any atom is 0.302 e. The fraction of sp³-hybridized carbons (Fsp3) is 0.564. The molecule has 0 heterocycles. The number of esters is 1. The van der Waals surface area contributed by atoms with Crippen LogP contribution in [0.2, 0.25) is 0 Å². The number of ether oxygens (including phenoxy) is 4. The molecular formula is C39H55FO5.